The van der Waals surface area contributed by atoms with E-state index in [1.165, 1.54) is 11.1 Å². The highest BCUT2D eigenvalue weighted by Crippen LogP contribution is 2.26. The minimum absolute atomic E-state index is 0.110. The van der Waals surface area contributed by atoms with Crippen LogP contribution >= 0.6 is 45.8 Å². The van der Waals surface area contributed by atoms with Crippen LogP contribution in [0.3, 0.4) is 0 Å². The van der Waals surface area contributed by atoms with Gasteiger partial charge in [0.1, 0.15) is 5.02 Å². The Morgan fingerprint density at radius 3 is 2.62 bits per heavy atom. The summed E-state index contributed by atoms with van der Waals surface area (Å²) in [6.07, 6.45) is 1.15. The minimum Gasteiger partial charge on any atom is -0.465 e. The zero-order valence-corrected chi connectivity index (χ0v) is 18.2. The molecule has 2 rings (SSSR count). The summed E-state index contributed by atoms with van der Waals surface area (Å²) in [7, 11) is 0. The van der Waals surface area contributed by atoms with Gasteiger partial charge >= 0.3 is 6.09 Å². The fourth-order valence-corrected chi connectivity index (χ4v) is 3.40. The summed E-state index contributed by atoms with van der Waals surface area (Å²) < 4.78 is 1.02. The van der Waals surface area contributed by atoms with Crippen molar-refractivity contribution in [1.82, 2.24) is 14.9 Å². The van der Waals surface area contributed by atoms with Crippen LogP contribution in [-0.2, 0) is 6.42 Å². The summed E-state index contributed by atoms with van der Waals surface area (Å²) in [6, 6.07) is 5.81. The van der Waals surface area contributed by atoms with E-state index in [1.807, 2.05) is 39.0 Å². The van der Waals surface area contributed by atoms with Crippen molar-refractivity contribution < 1.29 is 9.90 Å². The zero-order valence-electron chi connectivity index (χ0n) is 14.6. The summed E-state index contributed by atoms with van der Waals surface area (Å²) in [5.41, 5.74) is 1.43. The van der Waals surface area contributed by atoms with E-state index in [4.69, 9.17) is 23.2 Å². The number of hydrogen-bond donors (Lipinski definition) is 2. The van der Waals surface area contributed by atoms with Crippen molar-refractivity contribution in [3.63, 3.8) is 0 Å². The van der Waals surface area contributed by atoms with E-state index in [0.29, 0.717) is 23.8 Å². The molecule has 0 unspecified atom stereocenters. The van der Waals surface area contributed by atoms with Gasteiger partial charge in [-0.15, -0.1) is 0 Å². The van der Waals surface area contributed by atoms with E-state index in [0.717, 1.165) is 14.8 Å². The number of carboxylic acid groups (broad SMARTS) is 1. The molecular formula is C17H19Cl2IN4O2. The smallest absolute Gasteiger partial charge is 0.407 e. The van der Waals surface area contributed by atoms with Gasteiger partial charge in [0.05, 0.1) is 6.20 Å². The molecule has 1 heterocycles. The van der Waals surface area contributed by atoms with Crippen LogP contribution in [0.1, 0.15) is 26.3 Å². The molecule has 0 saturated carbocycles. The second-order valence-corrected chi connectivity index (χ2v) is 8.53. The average Bonchev–Trinajstić information content (AvgIpc) is 2.51. The first-order valence-electron chi connectivity index (χ1n) is 7.82. The van der Waals surface area contributed by atoms with Crippen LogP contribution in [0.25, 0.3) is 0 Å². The lowest BCUT2D eigenvalue weighted by molar-refractivity contribution is 0.101. The number of rotatable bonds is 5. The molecule has 0 spiro atoms. The molecule has 0 fully saturated rings. The molecule has 0 bridgehead atoms. The van der Waals surface area contributed by atoms with Crippen LogP contribution < -0.4 is 5.32 Å². The van der Waals surface area contributed by atoms with Gasteiger partial charge < -0.3 is 15.3 Å². The molecule has 0 aliphatic carbocycles. The second-order valence-electron chi connectivity index (χ2n) is 6.62. The second kappa shape index (κ2) is 8.58. The molecule has 1 amide bonds. The Kier molecular flexibility index (Phi) is 6.92. The lowest BCUT2D eigenvalue weighted by atomic mass is 10.0. The maximum Gasteiger partial charge on any atom is 0.407 e. The van der Waals surface area contributed by atoms with Crippen LogP contribution in [-0.4, -0.2) is 38.2 Å². The molecule has 2 aromatic rings. The van der Waals surface area contributed by atoms with Crippen LogP contribution in [0.5, 0.6) is 0 Å². The predicted molar refractivity (Wildman–Crippen MR) is 113 cm³/mol. The number of nitrogens with zero attached hydrogens (tertiary/aromatic N) is 3. The number of aromatic nitrogens is 2. The van der Waals surface area contributed by atoms with Crippen molar-refractivity contribution >= 4 is 63.4 Å². The maximum absolute atomic E-state index is 11.4. The highest BCUT2D eigenvalue weighted by molar-refractivity contribution is 14.1. The first kappa shape index (κ1) is 21.0. The van der Waals surface area contributed by atoms with E-state index in [9.17, 15) is 9.90 Å². The Balaban J connectivity index is 2.12. The lowest BCUT2D eigenvalue weighted by Gasteiger charge is -2.33. The molecule has 26 heavy (non-hydrogen) atoms. The normalized spacial score (nSPS) is 11.3. The van der Waals surface area contributed by atoms with Crippen LogP contribution in [0, 0.1) is 3.57 Å². The van der Waals surface area contributed by atoms with Gasteiger partial charge in [0, 0.05) is 21.3 Å². The molecule has 1 aromatic heterocycles. The monoisotopic (exact) mass is 508 g/mol. The first-order valence-corrected chi connectivity index (χ1v) is 9.65. The highest BCUT2D eigenvalue weighted by atomic mass is 127. The third kappa shape index (κ3) is 5.59. The van der Waals surface area contributed by atoms with Crippen LogP contribution in [0.4, 0.5) is 16.3 Å². The van der Waals surface area contributed by atoms with Gasteiger partial charge in [-0.1, -0.05) is 17.7 Å². The Hall–Kier alpha value is -1.32. The van der Waals surface area contributed by atoms with Crippen molar-refractivity contribution in [2.75, 3.05) is 11.9 Å². The Morgan fingerprint density at radius 1 is 1.35 bits per heavy atom. The third-order valence-corrected chi connectivity index (χ3v) is 5.14. The number of halogens is 3. The fraction of sp³-hybridized carbons (Fsp3) is 0.353. The number of anilines is 2. The number of benzene rings is 1. The summed E-state index contributed by atoms with van der Waals surface area (Å²) in [4.78, 5) is 20.8. The maximum atomic E-state index is 11.4. The van der Waals surface area contributed by atoms with E-state index in [1.54, 1.807) is 0 Å². The van der Waals surface area contributed by atoms with E-state index < -0.39 is 11.6 Å². The number of carbonyl (C=O) groups is 1. The molecule has 0 saturated heterocycles. The van der Waals surface area contributed by atoms with Gasteiger partial charge in [0.15, 0.2) is 5.82 Å². The van der Waals surface area contributed by atoms with Gasteiger partial charge in [-0.3, -0.25) is 0 Å². The largest absolute Gasteiger partial charge is 0.465 e. The van der Waals surface area contributed by atoms with Crippen molar-refractivity contribution in [2.24, 2.45) is 0 Å². The fourth-order valence-electron chi connectivity index (χ4n) is 2.35. The molecule has 9 heteroatoms. The van der Waals surface area contributed by atoms with Gasteiger partial charge in [0.2, 0.25) is 5.28 Å². The van der Waals surface area contributed by atoms with Crippen molar-refractivity contribution in [1.29, 1.82) is 0 Å². The molecule has 0 aliphatic heterocycles. The molecule has 1 aromatic carbocycles. The van der Waals surface area contributed by atoms with Crippen LogP contribution in [0.15, 0.2) is 24.4 Å². The molecule has 2 N–H and O–H groups in total. The van der Waals surface area contributed by atoms with E-state index >= 15 is 0 Å². The average molecular weight is 509 g/mol. The molecule has 140 valence electrons. The quantitative estimate of drug-likeness (QED) is 0.414. The number of nitrogens with one attached hydrogen (secondary N) is 1. The van der Waals surface area contributed by atoms with Gasteiger partial charge in [0.25, 0.3) is 0 Å². The molecular weight excluding hydrogens is 490 g/mol. The van der Waals surface area contributed by atoms with Crippen molar-refractivity contribution in [3.8, 4) is 0 Å². The van der Waals surface area contributed by atoms with Gasteiger partial charge in [-0.2, -0.15) is 4.98 Å². The Labute approximate surface area is 176 Å². The minimum atomic E-state index is -0.916. The summed E-state index contributed by atoms with van der Waals surface area (Å²) in [6.45, 7) is 6.08. The molecule has 0 atom stereocenters. The molecule has 0 aliphatic rings. The van der Waals surface area contributed by atoms with E-state index in [-0.39, 0.29) is 5.28 Å². The summed E-state index contributed by atoms with van der Waals surface area (Å²) >= 11 is 14.1. The van der Waals surface area contributed by atoms with Crippen molar-refractivity contribution in [2.45, 2.75) is 32.7 Å². The highest BCUT2D eigenvalue weighted by Gasteiger charge is 2.25. The third-order valence-electron chi connectivity index (χ3n) is 3.68. The molecule has 6 nitrogen and oxygen atoms in total. The summed E-state index contributed by atoms with van der Waals surface area (Å²) in [5.74, 6) is 0.431. The molecule has 0 radical (unpaired) electrons. The van der Waals surface area contributed by atoms with Crippen molar-refractivity contribution in [3.05, 3.63) is 43.8 Å². The number of hydrogen-bond acceptors (Lipinski definition) is 4. The standard InChI is InChI=1S/C17H19Cl2IN4O2/c1-17(2,3)24(16(25)26)7-6-10-4-5-11(8-13(10)20)22-14-12(18)9-21-15(19)23-14/h4-5,8-9H,6-7H2,1-3H3,(H,25,26)(H,21,22,23). The van der Waals surface area contributed by atoms with Crippen LogP contribution in [0.2, 0.25) is 10.3 Å². The Morgan fingerprint density at radius 2 is 2.04 bits per heavy atom. The predicted octanol–water partition coefficient (Wildman–Crippen LogP) is 5.45. The van der Waals surface area contributed by atoms with Gasteiger partial charge in [-0.25, -0.2) is 9.78 Å². The lowest BCUT2D eigenvalue weighted by Crippen LogP contribution is -2.46. The van der Waals surface area contributed by atoms with Gasteiger partial charge in [-0.05, 0) is 79.1 Å². The topological polar surface area (TPSA) is 78.3 Å². The SMILES string of the molecule is CC(C)(C)N(CCc1ccc(Nc2nc(Cl)ncc2Cl)cc1I)C(=O)O. The van der Waals surface area contributed by atoms with E-state index in [2.05, 4.69) is 37.9 Å². The number of amides is 1. The summed E-state index contributed by atoms with van der Waals surface area (Å²) in [5, 5.41) is 13.0. The zero-order chi connectivity index (χ0) is 19.5. The Bertz CT molecular complexity index is 812. The first-order chi connectivity index (χ1) is 12.1.